The quantitative estimate of drug-likeness (QED) is 0.691. The van der Waals surface area contributed by atoms with Crippen LogP contribution in [0.1, 0.15) is 58.6 Å². The van der Waals surface area contributed by atoms with Crippen LogP contribution < -0.4 is 4.74 Å². The zero-order valence-electron chi connectivity index (χ0n) is 12.0. The summed E-state index contributed by atoms with van der Waals surface area (Å²) < 4.78 is 5.83. The second-order valence-electron chi connectivity index (χ2n) is 4.88. The normalized spacial score (nSPS) is 11.6. The van der Waals surface area contributed by atoms with Gasteiger partial charge in [-0.05, 0) is 43.2 Å². The topological polar surface area (TPSA) is 9.23 Å². The lowest BCUT2D eigenvalue weighted by Crippen LogP contribution is -2.21. The molecule has 0 heterocycles. The lowest BCUT2D eigenvalue weighted by molar-refractivity contribution is 0.320. The Hall–Kier alpha value is -0.980. The summed E-state index contributed by atoms with van der Waals surface area (Å²) in [6.45, 7) is 11.8. The Morgan fingerprint density at radius 3 is 2.18 bits per heavy atom. The van der Waals surface area contributed by atoms with E-state index in [2.05, 4.69) is 52.8 Å². The van der Waals surface area contributed by atoms with Gasteiger partial charge in [-0.3, -0.25) is 0 Å². The largest absolute Gasteiger partial charge is 0.494 e. The molecule has 0 aromatic heterocycles. The van der Waals surface area contributed by atoms with Crippen molar-refractivity contribution in [2.24, 2.45) is 0 Å². The molecule has 1 heteroatoms. The summed E-state index contributed by atoms with van der Waals surface area (Å²) in [7, 11) is 0. The number of hydrogen-bond acceptors (Lipinski definition) is 1. The minimum atomic E-state index is 0.233. The maximum atomic E-state index is 5.83. The van der Waals surface area contributed by atoms with Crippen LogP contribution in [0.2, 0.25) is 0 Å². The second kappa shape index (κ2) is 6.09. The fourth-order valence-electron chi connectivity index (χ4n) is 2.19. The predicted molar refractivity (Wildman–Crippen MR) is 74.9 cm³/mol. The molecule has 0 spiro atoms. The van der Waals surface area contributed by atoms with E-state index in [4.69, 9.17) is 4.74 Å². The molecule has 0 radical (unpaired) electrons. The Morgan fingerprint density at radius 2 is 1.71 bits per heavy atom. The van der Waals surface area contributed by atoms with Crippen LogP contribution in [0, 0.1) is 0 Å². The molecule has 17 heavy (non-hydrogen) atoms. The highest BCUT2D eigenvalue weighted by molar-refractivity contribution is 5.42. The summed E-state index contributed by atoms with van der Waals surface area (Å²) >= 11 is 0. The van der Waals surface area contributed by atoms with Gasteiger partial charge in [-0.1, -0.05) is 39.8 Å². The molecule has 1 aromatic carbocycles. The third-order valence-electron chi connectivity index (χ3n) is 3.97. The molecule has 0 aliphatic carbocycles. The molecule has 0 saturated carbocycles. The SMILES string of the molecule is CCOc1cc(CC)ccc1C(C)(CC)CC. The van der Waals surface area contributed by atoms with E-state index in [1.54, 1.807) is 0 Å². The lowest BCUT2D eigenvalue weighted by Gasteiger charge is -2.29. The first-order valence-electron chi connectivity index (χ1n) is 6.87. The third-order valence-corrected chi connectivity index (χ3v) is 3.97. The Kier molecular flexibility index (Phi) is 5.04. The average molecular weight is 234 g/mol. The van der Waals surface area contributed by atoms with Crippen molar-refractivity contribution in [1.29, 1.82) is 0 Å². The molecule has 1 rings (SSSR count). The maximum absolute atomic E-state index is 5.83. The highest BCUT2D eigenvalue weighted by Gasteiger charge is 2.25. The van der Waals surface area contributed by atoms with Crippen LogP contribution >= 0.6 is 0 Å². The Labute approximate surface area is 106 Å². The lowest BCUT2D eigenvalue weighted by atomic mass is 9.77. The molecule has 0 atom stereocenters. The van der Waals surface area contributed by atoms with Gasteiger partial charge in [-0.15, -0.1) is 0 Å². The van der Waals surface area contributed by atoms with Gasteiger partial charge in [0.05, 0.1) is 6.61 Å². The molecule has 0 bridgehead atoms. The van der Waals surface area contributed by atoms with Crippen LogP contribution in [0.4, 0.5) is 0 Å². The Bertz CT molecular complexity index is 351. The van der Waals surface area contributed by atoms with Gasteiger partial charge in [0.1, 0.15) is 5.75 Å². The van der Waals surface area contributed by atoms with Crippen molar-refractivity contribution < 1.29 is 4.74 Å². The van der Waals surface area contributed by atoms with Crippen molar-refractivity contribution in [3.63, 3.8) is 0 Å². The molecular weight excluding hydrogens is 208 g/mol. The number of rotatable bonds is 6. The van der Waals surface area contributed by atoms with Gasteiger partial charge >= 0.3 is 0 Å². The van der Waals surface area contributed by atoms with Crippen LogP contribution in [0.3, 0.4) is 0 Å². The predicted octanol–water partition coefficient (Wildman–Crippen LogP) is 4.73. The van der Waals surface area contributed by atoms with E-state index in [0.717, 1.165) is 31.6 Å². The molecule has 0 amide bonds. The molecule has 1 nitrogen and oxygen atoms in total. The fraction of sp³-hybridized carbons (Fsp3) is 0.625. The molecule has 0 N–H and O–H groups in total. The van der Waals surface area contributed by atoms with Crippen LogP contribution in [-0.2, 0) is 11.8 Å². The Morgan fingerprint density at radius 1 is 1.06 bits per heavy atom. The summed E-state index contributed by atoms with van der Waals surface area (Å²) in [4.78, 5) is 0. The van der Waals surface area contributed by atoms with E-state index in [1.807, 2.05) is 0 Å². The maximum Gasteiger partial charge on any atom is 0.123 e. The zero-order valence-corrected chi connectivity index (χ0v) is 12.0. The molecule has 0 saturated heterocycles. The van der Waals surface area contributed by atoms with E-state index in [0.29, 0.717) is 0 Å². The first-order chi connectivity index (χ1) is 8.11. The highest BCUT2D eigenvalue weighted by atomic mass is 16.5. The van der Waals surface area contributed by atoms with Gasteiger partial charge in [0, 0.05) is 5.56 Å². The molecule has 96 valence electrons. The van der Waals surface area contributed by atoms with Crippen molar-refractivity contribution >= 4 is 0 Å². The van der Waals surface area contributed by atoms with Gasteiger partial charge in [0.2, 0.25) is 0 Å². The minimum Gasteiger partial charge on any atom is -0.494 e. The number of hydrogen-bond donors (Lipinski definition) is 0. The van der Waals surface area contributed by atoms with Crippen molar-refractivity contribution in [2.45, 2.75) is 59.3 Å². The summed E-state index contributed by atoms with van der Waals surface area (Å²) in [6.07, 6.45) is 3.36. The standard InChI is InChI=1S/C16H26O/c1-6-13-10-11-14(15(12-13)17-9-4)16(5,7-2)8-3/h10-12H,6-9H2,1-5H3. The molecule has 0 unspecified atom stereocenters. The number of ether oxygens (including phenoxy) is 1. The summed E-state index contributed by atoms with van der Waals surface area (Å²) in [6, 6.07) is 6.71. The van der Waals surface area contributed by atoms with Crippen LogP contribution in [0.15, 0.2) is 18.2 Å². The van der Waals surface area contributed by atoms with Gasteiger partial charge in [-0.2, -0.15) is 0 Å². The van der Waals surface area contributed by atoms with Crippen molar-refractivity contribution in [3.8, 4) is 5.75 Å². The van der Waals surface area contributed by atoms with Crippen molar-refractivity contribution in [2.75, 3.05) is 6.61 Å². The molecule has 0 fully saturated rings. The monoisotopic (exact) mass is 234 g/mol. The van der Waals surface area contributed by atoms with E-state index < -0.39 is 0 Å². The Balaban J connectivity index is 3.21. The minimum absolute atomic E-state index is 0.233. The zero-order chi connectivity index (χ0) is 12.9. The van der Waals surface area contributed by atoms with Gasteiger partial charge in [0.25, 0.3) is 0 Å². The van der Waals surface area contributed by atoms with Crippen molar-refractivity contribution in [3.05, 3.63) is 29.3 Å². The van der Waals surface area contributed by atoms with E-state index in [9.17, 15) is 0 Å². The number of aryl methyl sites for hydroxylation is 1. The van der Waals surface area contributed by atoms with Crippen LogP contribution in [-0.4, -0.2) is 6.61 Å². The average Bonchev–Trinajstić information content (AvgIpc) is 2.38. The summed E-state index contributed by atoms with van der Waals surface area (Å²) in [5.74, 6) is 1.08. The molecule has 0 aliphatic heterocycles. The summed E-state index contributed by atoms with van der Waals surface area (Å²) in [5, 5.41) is 0. The molecule has 1 aromatic rings. The smallest absolute Gasteiger partial charge is 0.123 e. The van der Waals surface area contributed by atoms with E-state index in [-0.39, 0.29) is 5.41 Å². The third kappa shape index (κ3) is 3.02. The number of benzene rings is 1. The van der Waals surface area contributed by atoms with Crippen LogP contribution in [0.25, 0.3) is 0 Å². The van der Waals surface area contributed by atoms with Gasteiger partial charge in [0.15, 0.2) is 0 Å². The van der Waals surface area contributed by atoms with Gasteiger partial charge < -0.3 is 4.74 Å². The van der Waals surface area contributed by atoms with Crippen molar-refractivity contribution in [1.82, 2.24) is 0 Å². The first kappa shape index (κ1) is 14.1. The van der Waals surface area contributed by atoms with E-state index >= 15 is 0 Å². The molecule has 0 aliphatic rings. The fourth-order valence-corrected chi connectivity index (χ4v) is 2.19. The van der Waals surface area contributed by atoms with Crippen LogP contribution in [0.5, 0.6) is 5.75 Å². The van der Waals surface area contributed by atoms with Gasteiger partial charge in [-0.25, -0.2) is 0 Å². The van der Waals surface area contributed by atoms with E-state index in [1.165, 1.54) is 11.1 Å². The summed E-state index contributed by atoms with van der Waals surface area (Å²) in [5.41, 5.74) is 2.95. The second-order valence-corrected chi connectivity index (χ2v) is 4.88. The first-order valence-corrected chi connectivity index (χ1v) is 6.87. The highest BCUT2D eigenvalue weighted by Crippen LogP contribution is 2.37. The molecular formula is C16H26O.